The summed E-state index contributed by atoms with van der Waals surface area (Å²) in [5.74, 6) is -0.677. The lowest BCUT2D eigenvalue weighted by Crippen LogP contribution is -2.51. The molecule has 1 fully saturated rings. The molecule has 154 valence electrons. The molecule has 2 aromatic rings. The summed E-state index contributed by atoms with van der Waals surface area (Å²) in [5.41, 5.74) is 2.55. The molecule has 3 N–H and O–H groups in total. The van der Waals surface area contributed by atoms with Crippen molar-refractivity contribution >= 4 is 11.8 Å². The predicted molar refractivity (Wildman–Crippen MR) is 114 cm³/mol. The summed E-state index contributed by atoms with van der Waals surface area (Å²) < 4.78 is 0. The van der Waals surface area contributed by atoms with Crippen LogP contribution in [0.1, 0.15) is 55.3 Å². The molecule has 1 atom stereocenters. The van der Waals surface area contributed by atoms with Gasteiger partial charge >= 0.3 is 0 Å². The van der Waals surface area contributed by atoms with Crippen molar-refractivity contribution in [1.29, 1.82) is 0 Å². The largest absolute Gasteiger partial charge is 0.394 e. The van der Waals surface area contributed by atoms with Gasteiger partial charge in [-0.1, -0.05) is 74.6 Å². The minimum absolute atomic E-state index is 0.124. The smallest absolute Gasteiger partial charge is 0.251 e. The van der Waals surface area contributed by atoms with Crippen molar-refractivity contribution in [1.82, 2.24) is 10.6 Å². The quantitative estimate of drug-likeness (QED) is 0.699. The lowest BCUT2D eigenvalue weighted by molar-refractivity contribution is -0.124. The Kier molecular flexibility index (Phi) is 7.82. The summed E-state index contributed by atoms with van der Waals surface area (Å²) in [7, 11) is 0. The second kappa shape index (κ2) is 10.8. The van der Waals surface area contributed by atoms with Crippen molar-refractivity contribution in [2.75, 3.05) is 6.61 Å². The molecule has 1 unspecified atom stereocenters. The fourth-order valence-corrected chi connectivity index (χ4v) is 3.78. The maximum Gasteiger partial charge on any atom is 0.251 e. The first-order valence-corrected chi connectivity index (χ1v) is 10.5. The third-order valence-electron chi connectivity index (χ3n) is 5.51. The molecule has 2 amide bonds. The average Bonchev–Trinajstić information content (AvgIpc) is 2.74. The maximum absolute atomic E-state index is 12.6. The Hall–Kier alpha value is -2.66. The molecule has 5 nitrogen and oxygen atoms in total. The molecular weight excluding hydrogens is 364 g/mol. The van der Waals surface area contributed by atoms with Crippen LogP contribution in [0.2, 0.25) is 0 Å². The molecule has 1 aliphatic carbocycles. The molecule has 0 spiro atoms. The number of amides is 2. The number of rotatable bonds is 6. The summed E-state index contributed by atoms with van der Waals surface area (Å²) in [4.78, 5) is 25.1. The Morgan fingerprint density at radius 1 is 0.862 bits per heavy atom. The van der Waals surface area contributed by atoms with E-state index in [1.807, 2.05) is 42.5 Å². The monoisotopic (exact) mass is 394 g/mol. The van der Waals surface area contributed by atoms with Crippen molar-refractivity contribution in [2.24, 2.45) is 0 Å². The van der Waals surface area contributed by atoms with Gasteiger partial charge in [0, 0.05) is 11.6 Å². The molecule has 0 aromatic heterocycles. The molecule has 0 aliphatic heterocycles. The highest BCUT2D eigenvalue weighted by Gasteiger charge is 2.23. The molecule has 0 heterocycles. The van der Waals surface area contributed by atoms with E-state index in [1.54, 1.807) is 12.1 Å². The van der Waals surface area contributed by atoms with Crippen LogP contribution in [0.25, 0.3) is 11.1 Å². The highest BCUT2D eigenvalue weighted by molar-refractivity contribution is 5.98. The number of aliphatic hydroxyl groups excluding tert-OH is 1. The molecule has 5 heteroatoms. The third-order valence-corrected chi connectivity index (χ3v) is 5.51. The van der Waals surface area contributed by atoms with Crippen LogP contribution in [-0.4, -0.2) is 35.6 Å². The number of hydrogen-bond acceptors (Lipinski definition) is 3. The van der Waals surface area contributed by atoms with Gasteiger partial charge in [0.1, 0.15) is 6.04 Å². The molecule has 0 saturated heterocycles. The highest BCUT2D eigenvalue weighted by Crippen LogP contribution is 2.19. The number of carbonyl (C=O) groups excluding carboxylic acids is 2. The van der Waals surface area contributed by atoms with Crippen molar-refractivity contribution in [3.05, 3.63) is 60.2 Å². The fraction of sp³-hybridized carbons (Fsp3) is 0.417. The average molecular weight is 395 g/mol. The highest BCUT2D eigenvalue weighted by atomic mass is 16.3. The molecule has 2 aromatic carbocycles. The van der Waals surface area contributed by atoms with Crippen LogP contribution < -0.4 is 10.6 Å². The molecule has 29 heavy (non-hydrogen) atoms. The Bertz CT molecular complexity index is 782. The zero-order valence-electron chi connectivity index (χ0n) is 16.8. The van der Waals surface area contributed by atoms with Crippen LogP contribution >= 0.6 is 0 Å². The van der Waals surface area contributed by atoms with Gasteiger partial charge in [-0.05, 0) is 36.1 Å². The van der Waals surface area contributed by atoms with Crippen LogP contribution in [0, 0.1) is 0 Å². The van der Waals surface area contributed by atoms with E-state index in [9.17, 15) is 14.7 Å². The van der Waals surface area contributed by atoms with Crippen LogP contribution in [0.5, 0.6) is 0 Å². The van der Waals surface area contributed by atoms with Crippen LogP contribution in [0.15, 0.2) is 54.6 Å². The standard InChI is InChI=1S/C24H30N2O3/c27-17-22(24(29)25-21-11-7-2-1-3-8-12-21)26-23(28)20-15-13-19(14-16-20)18-9-5-4-6-10-18/h4-6,9-10,13-16,21-22,27H,1-3,7-8,11-12,17H2,(H,25,29)(H,26,28). The van der Waals surface area contributed by atoms with Gasteiger partial charge in [0.15, 0.2) is 0 Å². The Morgan fingerprint density at radius 2 is 1.45 bits per heavy atom. The topological polar surface area (TPSA) is 78.4 Å². The molecule has 0 bridgehead atoms. The first-order chi connectivity index (χ1) is 14.2. The third kappa shape index (κ3) is 6.16. The van der Waals surface area contributed by atoms with E-state index in [1.165, 1.54) is 19.3 Å². The van der Waals surface area contributed by atoms with Gasteiger partial charge in [0.25, 0.3) is 5.91 Å². The van der Waals surface area contributed by atoms with Crippen molar-refractivity contribution in [3.8, 4) is 11.1 Å². The molecule has 1 saturated carbocycles. The Morgan fingerprint density at radius 3 is 2.07 bits per heavy atom. The number of hydrogen-bond donors (Lipinski definition) is 3. The van der Waals surface area contributed by atoms with Crippen LogP contribution in [-0.2, 0) is 4.79 Å². The SMILES string of the molecule is O=C(NC(CO)C(=O)NC1CCCCCCC1)c1ccc(-c2ccccc2)cc1. The second-order valence-electron chi connectivity index (χ2n) is 7.70. The number of carbonyl (C=O) groups is 2. The van der Waals surface area contributed by atoms with Crippen molar-refractivity contribution in [3.63, 3.8) is 0 Å². The van der Waals surface area contributed by atoms with E-state index in [4.69, 9.17) is 0 Å². The summed E-state index contributed by atoms with van der Waals surface area (Å²) in [6.07, 6.45) is 7.79. The van der Waals surface area contributed by atoms with E-state index in [2.05, 4.69) is 10.6 Å². The van der Waals surface area contributed by atoms with E-state index in [0.717, 1.165) is 36.8 Å². The molecule has 0 radical (unpaired) electrons. The minimum Gasteiger partial charge on any atom is -0.394 e. The van der Waals surface area contributed by atoms with Crippen molar-refractivity contribution < 1.29 is 14.7 Å². The van der Waals surface area contributed by atoms with Gasteiger partial charge in [-0.3, -0.25) is 9.59 Å². The summed E-state index contributed by atoms with van der Waals surface area (Å²) in [6, 6.07) is 16.3. The van der Waals surface area contributed by atoms with Crippen LogP contribution in [0.4, 0.5) is 0 Å². The van der Waals surface area contributed by atoms with Crippen LogP contribution in [0.3, 0.4) is 0 Å². The first-order valence-electron chi connectivity index (χ1n) is 10.5. The molecule has 3 rings (SSSR count). The van der Waals surface area contributed by atoms with Crippen molar-refractivity contribution in [2.45, 2.75) is 57.0 Å². The fourth-order valence-electron chi connectivity index (χ4n) is 3.78. The lowest BCUT2D eigenvalue weighted by Gasteiger charge is -2.24. The zero-order chi connectivity index (χ0) is 20.5. The zero-order valence-corrected chi connectivity index (χ0v) is 16.8. The second-order valence-corrected chi connectivity index (χ2v) is 7.70. The normalized spacial score (nSPS) is 16.3. The van der Waals surface area contributed by atoms with Gasteiger partial charge in [-0.15, -0.1) is 0 Å². The van der Waals surface area contributed by atoms with E-state index in [0.29, 0.717) is 5.56 Å². The number of benzene rings is 2. The minimum atomic E-state index is -0.943. The Balaban J connectivity index is 1.57. The summed E-state index contributed by atoms with van der Waals surface area (Å²) >= 11 is 0. The maximum atomic E-state index is 12.6. The van der Waals surface area contributed by atoms with E-state index < -0.39 is 12.6 Å². The number of nitrogens with one attached hydrogen (secondary N) is 2. The molecular formula is C24H30N2O3. The summed E-state index contributed by atoms with van der Waals surface area (Å²) in [5, 5.41) is 15.3. The predicted octanol–water partition coefficient (Wildman–Crippen LogP) is 3.67. The summed E-state index contributed by atoms with van der Waals surface area (Å²) in [6.45, 7) is -0.424. The van der Waals surface area contributed by atoms with E-state index >= 15 is 0 Å². The number of aliphatic hydroxyl groups is 1. The van der Waals surface area contributed by atoms with Gasteiger partial charge in [-0.2, -0.15) is 0 Å². The first kappa shape index (κ1) is 21.1. The lowest BCUT2D eigenvalue weighted by atomic mass is 9.96. The molecule has 1 aliphatic rings. The van der Waals surface area contributed by atoms with E-state index in [-0.39, 0.29) is 17.9 Å². The Labute approximate surface area is 172 Å². The van der Waals surface area contributed by atoms with Gasteiger partial charge in [0.2, 0.25) is 5.91 Å². The van der Waals surface area contributed by atoms with Gasteiger partial charge < -0.3 is 15.7 Å². The van der Waals surface area contributed by atoms with Gasteiger partial charge in [0.05, 0.1) is 6.61 Å². The van der Waals surface area contributed by atoms with Gasteiger partial charge in [-0.25, -0.2) is 0 Å².